The van der Waals surface area contributed by atoms with Crippen LogP contribution in [0.3, 0.4) is 0 Å². The summed E-state index contributed by atoms with van der Waals surface area (Å²) in [5.74, 6) is 0. The predicted octanol–water partition coefficient (Wildman–Crippen LogP) is 0.892. The van der Waals surface area contributed by atoms with Crippen LogP contribution in [0.5, 0.6) is 0 Å². The zero-order chi connectivity index (χ0) is 5.58. The van der Waals surface area contributed by atoms with E-state index in [0.717, 1.165) is 0 Å². The molecule has 0 aliphatic heterocycles. The number of hydrogen-bond donors (Lipinski definition) is 1. The first-order valence-corrected chi connectivity index (χ1v) is 6.79. The molecule has 0 aliphatic rings. The zero-order valence-electron chi connectivity index (χ0n) is 4.11. The van der Waals surface area contributed by atoms with Crippen molar-refractivity contribution < 1.29 is 5.11 Å². The van der Waals surface area contributed by atoms with Crippen molar-refractivity contribution in [1.82, 2.24) is 0 Å². The molecule has 0 saturated carbocycles. The summed E-state index contributed by atoms with van der Waals surface area (Å²) in [6.45, 7) is 3.44. The summed E-state index contributed by atoms with van der Waals surface area (Å²) in [6, 6.07) is 0. The molecule has 0 saturated heterocycles. The van der Waals surface area contributed by atoms with Crippen LogP contribution < -0.4 is 0 Å². The van der Waals surface area contributed by atoms with Crippen LogP contribution in [0.2, 0.25) is 0 Å². The van der Waals surface area contributed by atoms with E-state index in [0.29, 0.717) is 0 Å². The van der Waals surface area contributed by atoms with Crippen molar-refractivity contribution in [2.75, 3.05) is 0 Å². The lowest BCUT2D eigenvalue weighted by Crippen LogP contribution is -1.85. The van der Waals surface area contributed by atoms with Crippen molar-refractivity contribution in [3.63, 3.8) is 0 Å². The zero-order valence-corrected chi connectivity index (χ0v) is 7.68. The van der Waals surface area contributed by atoms with E-state index >= 15 is 0 Å². The second-order valence-corrected chi connectivity index (χ2v) is 1.09. The van der Waals surface area contributed by atoms with Crippen LogP contribution in [-0.2, 0) is 0 Å². The highest BCUT2D eigenvalue weighted by Gasteiger charge is 2.12. The van der Waals surface area contributed by atoms with Crippen LogP contribution in [-0.4, -0.2) is 29.0 Å². The van der Waals surface area contributed by atoms with Crippen molar-refractivity contribution in [1.29, 1.82) is 0 Å². The molecule has 0 fully saturated rings. The van der Waals surface area contributed by atoms with Crippen LogP contribution in [0.4, 0.5) is 0 Å². The van der Waals surface area contributed by atoms with Crippen LogP contribution in [0.1, 0.15) is 13.8 Å². The smallest absolute Gasteiger partial charge is 0.394 e. The van der Waals surface area contributed by atoms with Crippen molar-refractivity contribution in [2.24, 2.45) is 0 Å². The van der Waals surface area contributed by atoms with Gasteiger partial charge in [0.25, 0.3) is 0 Å². The van der Waals surface area contributed by atoms with Gasteiger partial charge in [-0.15, -0.1) is 0 Å². The van der Waals surface area contributed by atoms with Gasteiger partial charge in [0.2, 0.25) is 0 Å². The topological polar surface area (TPSA) is 20.2 Å². The monoisotopic (exact) mass is 211 g/mol. The third-order valence-electron chi connectivity index (χ3n) is 0. The lowest BCUT2D eigenvalue weighted by atomic mass is 10.5. The summed E-state index contributed by atoms with van der Waals surface area (Å²) in [4.78, 5) is 0. The molecule has 3 heteroatoms. The summed E-state index contributed by atoms with van der Waals surface area (Å²) in [6.07, 6.45) is -0.167. The number of halogens is 1. The summed E-state index contributed by atoms with van der Waals surface area (Å²) in [5, 5.41) is 8.06. The first-order chi connectivity index (χ1) is 2.73. The minimum atomic E-state index is -0.167. The SMILES string of the molecule is CC(C)O.[Mg+2][I]. The summed E-state index contributed by atoms with van der Waals surface area (Å²) < 4.78 is 0. The van der Waals surface area contributed by atoms with Gasteiger partial charge in [0.15, 0.2) is 0 Å². The van der Waals surface area contributed by atoms with Gasteiger partial charge in [-0.1, -0.05) is 0 Å². The van der Waals surface area contributed by atoms with Crippen LogP contribution in [0.15, 0.2) is 0 Å². The lowest BCUT2D eigenvalue weighted by molar-refractivity contribution is 0.216. The van der Waals surface area contributed by atoms with Crippen LogP contribution >= 0.6 is 18.9 Å². The Bertz CT molecular complexity index is 15.5. The standard InChI is InChI=1S/C3H8O.HI.Mg/c1-3(2)4;;/h3-4H,1-2H3;1H;/q;;+3/p-1. The Hall–Kier alpha value is 1.46. The third kappa shape index (κ3) is 51.1. The maximum atomic E-state index is 8.06. The van der Waals surface area contributed by atoms with E-state index in [1.807, 2.05) is 17.8 Å². The van der Waals surface area contributed by atoms with Gasteiger partial charge < -0.3 is 5.11 Å². The molecule has 33 valence electrons. The number of aliphatic hydroxyl groups excluding tert-OH is 1. The van der Waals surface area contributed by atoms with Crippen LogP contribution in [0, 0.1) is 0 Å². The summed E-state index contributed by atoms with van der Waals surface area (Å²) >= 11 is 4.01. The molecule has 0 atom stereocenters. The first kappa shape index (κ1) is 10.4. The Labute approximate surface area is 61.3 Å². The minimum absolute atomic E-state index is 0.167. The minimum Gasteiger partial charge on any atom is -0.394 e. The molecule has 0 unspecified atom stereocenters. The molecular weight excluding hydrogens is 203 g/mol. The molecule has 0 amide bonds. The van der Waals surface area contributed by atoms with Gasteiger partial charge in [0, 0.05) is 6.10 Å². The van der Waals surface area contributed by atoms with Crippen molar-refractivity contribution in [3.8, 4) is 0 Å². The maximum Gasteiger partial charge on any atom is 1.49 e. The average Bonchev–Trinajstić information content (AvgIpc) is 1.41. The van der Waals surface area contributed by atoms with Gasteiger partial charge in [-0.3, -0.25) is 0 Å². The Morgan fingerprint density at radius 2 is 1.50 bits per heavy atom. The van der Waals surface area contributed by atoms with Gasteiger partial charge in [-0.25, -0.2) is 0 Å². The fraction of sp³-hybridized carbons (Fsp3) is 1.00. The average molecular weight is 211 g/mol. The molecule has 0 aromatic rings. The van der Waals surface area contributed by atoms with Crippen molar-refractivity contribution in [3.05, 3.63) is 0 Å². The second kappa shape index (κ2) is 9.68. The number of rotatable bonds is 0. The van der Waals surface area contributed by atoms with Gasteiger partial charge in [-0.2, -0.15) is 0 Å². The number of aliphatic hydroxyl groups is 1. The van der Waals surface area contributed by atoms with Crippen LogP contribution in [0.25, 0.3) is 0 Å². The Kier molecular flexibility index (Phi) is 16.8. The van der Waals surface area contributed by atoms with E-state index in [1.165, 1.54) is 0 Å². The fourth-order valence-electron chi connectivity index (χ4n) is 0. The molecule has 0 bridgehead atoms. The quantitative estimate of drug-likeness (QED) is 0.466. The molecule has 1 N–H and O–H groups in total. The van der Waals surface area contributed by atoms with E-state index in [4.69, 9.17) is 5.11 Å². The van der Waals surface area contributed by atoms with Gasteiger partial charge >= 0.3 is 36.7 Å². The fourth-order valence-corrected chi connectivity index (χ4v) is 0. The molecule has 6 heavy (non-hydrogen) atoms. The highest BCUT2D eigenvalue weighted by atomic mass is 127. The van der Waals surface area contributed by atoms with Gasteiger partial charge in [-0.05, 0) is 13.8 Å². The molecule has 0 aromatic heterocycles. The molecule has 0 aliphatic carbocycles. The van der Waals surface area contributed by atoms with Crippen molar-refractivity contribution >= 4 is 36.7 Å². The lowest BCUT2D eigenvalue weighted by Gasteiger charge is -1.80. The Morgan fingerprint density at radius 3 is 1.50 bits per heavy atom. The Morgan fingerprint density at radius 1 is 1.50 bits per heavy atom. The Balaban J connectivity index is 0. The molecule has 0 spiro atoms. The number of hydrogen-bond acceptors (Lipinski definition) is 1. The van der Waals surface area contributed by atoms with Gasteiger partial charge in [0.05, 0.1) is 0 Å². The highest BCUT2D eigenvalue weighted by molar-refractivity contribution is 14.1. The first-order valence-electron chi connectivity index (χ1n) is 1.68. The van der Waals surface area contributed by atoms with E-state index in [-0.39, 0.29) is 6.10 Å². The van der Waals surface area contributed by atoms with Gasteiger partial charge in [0.1, 0.15) is 0 Å². The molecule has 0 heterocycles. The van der Waals surface area contributed by atoms with E-state index < -0.39 is 0 Å². The molecule has 7 radical (unpaired) electrons. The third-order valence-corrected chi connectivity index (χ3v) is 0. The normalized spacial score (nSPS) is 7.00. The summed E-state index contributed by atoms with van der Waals surface area (Å²) in [7, 11) is 0. The molecule has 0 rings (SSSR count). The molecule has 0 aromatic carbocycles. The predicted molar refractivity (Wildman–Crippen MR) is 37.1 cm³/mol. The van der Waals surface area contributed by atoms with Crippen molar-refractivity contribution in [2.45, 2.75) is 20.0 Å². The highest BCUT2D eigenvalue weighted by Crippen LogP contribution is 1.65. The van der Waals surface area contributed by atoms with E-state index in [2.05, 4.69) is 18.9 Å². The maximum absolute atomic E-state index is 8.06. The van der Waals surface area contributed by atoms with E-state index in [1.54, 1.807) is 13.8 Å². The second-order valence-electron chi connectivity index (χ2n) is 1.09. The summed E-state index contributed by atoms with van der Waals surface area (Å²) in [5.41, 5.74) is 0. The molecule has 1 nitrogen and oxygen atoms in total. The largest absolute Gasteiger partial charge is 1.49 e. The van der Waals surface area contributed by atoms with E-state index in [9.17, 15) is 0 Å². The molecular formula is C3H8IMgO+2.